The SMILES string of the molecule is C.C=CCCc1ccccc1.C=NNN=NCc1cc(CC)ccc1F.CC.COc1ccc(CC(=O)N=C(N)N)cc1OC. The number of ether oxygens (including phenoxy) is 2. The Morgan fingerprint density at radius 3 is 2.16 bits per heavy atom. The van der Waals surface area contributed by atoms with Gasteiger partial charge in [0.15, 0.2) is 17.5 Å². The van der Waals surface area contributed by atoms with Crippen LogP contribution in [-0.4, -0.2) is 32.8 Å². The molecule has 3 aromatic rings. The quantitative estimate of drug-likeness (QED) is 0.0652. The second kappa shape index (κ2) is 26.6. The number of guanidine groups is 1. The molecule has 0 atom stereocenters. The average molecular weight is 624 g/mol. The number of rotatable bonds is 12. The molecule has 0 spiro atoms. The number of allylic oxidation sites excluding steroid dienone is 1. The molecule has 11 heteroatoms. The molecule has 246 valence electrons. The fourth-order valence-electron chi connectivity index (χ4n) is 3.41. The van der Waals surface area contributed by atoms with Crippen molar-refractivity contribution in [3.8, 4) is 11.5 Å². The van der Waals surface area contributed by atoms with Gasteiger partial charge in [-0.25, -0.2) is 4.39 Å². The molecule has 0 bridgehead atoms. The van der Waals surface area contributed by atoms with E-state index >= 15 is 0 Å². The average Bonchev–Trinajstić information content (AvgIpc) is 3.04. The highest BCUT2D eigenvalue weighted by Crippen LogP contribution is 2.27. The Morgan fingerprint density at radius 2 is 1.60 bits per heavy atom. The number of aryl methyl sites for hydroxylation is 2. The number of carbonyl (C=O) groups is 1. The number of methoxy groups -OCH3 is 2. The number of benzene rings is 3. The molecule has 45 heavy (non-hydrogen) atoms. The van der Waals surface area contributed by atoms with Crippen LogP contribution in [0.2, 0.25) is 0 Å². The number of hydrazone groups is 1. The highest BCUT2D eigenvalue weighted by Gasteiger charge is 2.08. The zero-order valence-corrected chi connectivity index (χ0v) is 26.4. The first-order valence-corrected chi connectivity index (χ1v) is 14.1. The lowest BCUT2D eigenvalue weighted by molar-refractivity contribution is -0.117. The molecule has 0 heterocycles. The zero-order valence-electron chi connectivity index (χ0n) is 26.4. The summed E-state index contributed by atoms with van der Waals surface area (Å²) >= 11 is 0. The standard InChI is InChI=1S/C11H15N3O3.C10H13FN4.C10H12.C2H6.CH4/c1-16-8-4-3-7(5-9(8)17-2)6-10(15)14-11(12)13;1-3-8-4-5-10(11)9(6-8)7-13-15-14-12-2;1-2-3-7-10-8-5-4-6-9-10;1-2;/h3-5H,6H2,1-2H3,(H4,12,13,14,15);4-6H,2-3,7H2,1H3,(H,13,14);2,4-6,8-9H,1,3,7H2;1-2H3;1H4. The van der Waals surface area contributed by atoms with Crippen molar-refractivity contribution >= 4 is 18.6 Å². The van der Waals surface area contributed by atoms with Crippen LogP contribution in [0.4, 0.5) is 4.39 Å². The Balaban J connectivity index is 0. The van der Waals surface area contributed by atoms with E-state index in [2.05, 4.69) is 63.5 Å². The van der Waals surface area contributed by atoms with Gasteiger partial charge in [0.2, 0.25) is 0 Å². The largest absolute Gasteiger partial charge is 0.493 e. The van der Waals surface area contributed by atoms with Crippen molar-refractivity contribution in [1.29, 1.82) is 0 Å². The Morgan fingerprint density at radius 1 is 0.956 bits per heavy atom. The van der Waals surface area contributed by atoms with E-state index < -0.39 is 5.91 Å². The number of nitrogens with two attached hydrogens (primary N) is 2. The lowest BCUT2D eigenvalue weighted by Gasteiger charge is -2.08. The van der Waals surface area contributed by atoms with Crippen LogP contribution in [0.15, 0.2) is 99.8 Å². The number of amides is 1. The van der Waals surface area contributed by atoms with Gasteiger partial charge in [0.1, 0.15) is 5.82 Å². The monoisotopic (exact) mass is 623 g/mol. The van der Waals surface area contributed by atoms with Crippen LogP contribution in [0, 0.1) is 5.82 Å². The van der Waals surface area contributed by atoms with Gasteiger partial charge in [-0.05, 0) is 54.2 Å². The van der Waals surface area contributed by atoms with Gasteiger partial charge in [0.25, 0.3) is 5.91 Å². The van der Waals surface area contributed by atoms with Gasteiger partial charge >= 0.3 is 0 Å². The number of aliphatic imine (C=N–C) groups is 1. The maximum atomic E-state index is 13.3. The molecular formula is C34H50FN7O3. The summed E-state index contributed by atoms with van der Waals surface area (Å²) in [6, 6.07) is 20.6. The van der Waals surface area contributed by atoms with E-state index in [0.29, 0.717) is 17.1 Å². The first-order valence-electron chi connectivity index (χ1n) is 14.1. The Bertz CT molecular complexity index is 1310. The fraction of sp³-hybridized carbons (Fsp3) is 0.324. The van der Waals surface area contributed by atoms with E-state index in [1.807, 2.05) is 32.9 Å². The van der Waals surface area contributed by atoms with E-state index in [0.717, 1.165) is 30.4 Å². The van der Waals surface area contributed by atoms with Crippen LogP contribution in [0.25, 0.3) is 0 Å². The van der Waals surface area contributed by atoms with Gasteiger partial charge < -0.3 is 20.9 Å². The lowest BCUT2D eigenvalue weighted by Crippen LogP contribution is -2.24. The minimum Gasteiger partial charge on any atom is -0.493 e. The molecule has 0 fully saturated rings. The summed E-state index contributed by atoms with van der Waals surface area (Å²) < 4.78 is 23.5. The first kappa shape index (κ1) is 42.1. The minimum atomic E-state index is -0.405. The van der Waals surface area contributed by atoms with E-state index in [-0.39, 0.29) is 32.2 Å². The fourth-order valence-corrected chi connectivity index (χ4v) is 3.41. The first-order chi connectivity index (χ1) is 21.3. The van der Waals surface area contributed by atoms with E-state index in [1.54, 1.807) is 37.4 Å². The van der Waals surface area contributed by atoms with Crippen LogP contribution < -0.4 is 26.5 Å². The van der Waals surface area contributed by atoms with Crippen molar-refractivity contribution in [2.75, 3.05) is 14.2 Å². The lowest BCUT2D eigenvalue weighted by atomic mass is 10.1. The third-order valence-corrected chi connectivity index (χ3v) is 5.48. The number of hydrogen-bond acceptors (Lipinski definition) is 6. The van der Waals surface area contributed by atoms with Gasteiger partial charge in [-0.1, -0.05) is 88.0 Å². The molecule has 1 amide bonds. The predicted octanol–water partition coefficient (Wildman–Crippen LogP) is 6.97. The maximum absolute atomic E-state index is 13.3. The third-order valence-electron chi connectivity index (χ3n) is 5.48. The summed E-state index contributed by atoms with van der Waals surface area (Å²) in [4.78, 5) is 14.8. The predicted molar refractivity (Wildman–Crippen MR) is 184 cm³/mol. The summed E-state index contributed by atoms with van der Waals surface area (Å²) in [5, 5.41) is 10.4. The molecule has 0 aliphatic carbocycles. The molecule has 0 radical (unpaired) electrons. The number of nitrogens with one attached hydrogen (secondary N) is 1. The van der Waals surface area contributed by atoms with Crippen molar-refractivity contribution in [2.45, 2.75) is 60.4 Å². The molecule has 3 aromatic carbocycles. The molecule has 10 nitrogen and oxygen atoms in total. The highest BCUT2D eigenvalue weighted by atomic mass is 19.1. The minimum absolute atomic E-state index is 0. The molecule has 0 aliphatic rings. The molecule has 0 unspecified atom stereocenters. The Hall–Kier alpha value is -5.06. The van der Waals surface area contributed by atoms with Crippen LogP contribution in [0.1, 0.15) is 56.9 Å². The summed E-state index contributed by atoms with van der Waals surface area (Å²) in [6.07, 6.45) is 5.12. The second-order valence-electron chi connectivity index (χ2n) is 8.55. The van der Waals surface area contributed by atoms with Crippen LogP contribution in [0.3, 0.4) is 0 Å². The molecule has 0 saturated carbocycles. The number of nitrogens with zero attached hydrogens (tertiary/aromatic N) is 4. The Kier molecular flexibility index (Phi) is 24.8. The smallest absolute Gasteiger partial charge is 0.253 e. The summed E-state index contributed by atoms with van der Waals surface area (Å²) in [7, 11) is 3.07. The number of carbonyl (C=O) groups excluding carboxylic acids is 1. The van der Waals surface area contributed by atoms with Crippen molar-refractivity contribution in [3.63, 3.8) is 0 Å². The normalized spacial score (nSPS) is 9.29. The van der Waals surface area contributed by atoms with Gasteiger partial charge in [0, 0.05) is 12.3 Å². The second-order valence-corrected chi connectivity index (χ2v) is 8.55. The van der Waals surface area contributed by atoms with Crippen molar-refractivity contribution in [2.24, 2.45) is 31.9 Å². The molecule has 3 rings (SSSR count). The van der Waals surface area contributed by atoms with Gasteiger partial charge in [-0.15, -0.1) is 6.58 Å². The topological polar surface area (TPSA) is 149 Å². The molecule has 0 saturated heterocycles. The van der Waals surface area contributed by atoms with Crippen molar-refractivity contribution in [1.82, 2.24) is 5.53 Å². The third kappa shape index (κ3) is 19.0. The Labute approximate surface area is 268 Å². The molecular weight excluding hydrogens is 573 g/mol. The molecule has 0 aromatic heterocycles. The zero-order chi connectivity index (χ0) is 33.2. The van der Waals surface area contributed by atoms with Gasteiger partial charge in [0.05, 0.1) is 27.2 Å². The van der Waals surface area contributed by atoms with Crippen molar-refractivity contribution < 1.29 is 18.7 Å². The number of halogens is 1. The van der Waals surface area contributed by atoms with Crippen LogP contribution in [0.5, 0.6) is 11.5 Å². The van der Waals surface area contributed by atoms with Crippen LogP contribution >= 0.6 is 0 Å². The van der Waals surface area contributed by atoms with E-state index in [1.165, 1.54) is 18.7 Å². The van der Waals surface area contributed by atoms with Gasteiger partial charge in [-0.2, -0.15) is 20.7 Å². The maximum Gasteiger partial charge on any atom is 0.253 e. The molecule has 0 aliphatic heterocycles. The van der Waals surface area contributed by atoms with Gasteiger partial charge in [-0.3, -0.25) is 4.79 Å². The van der Waals surface area contributed by atoms with Crippen molar-refractivity contribution in [3.05, 3.63) is 107 Å². The van der Waals surface area contributed by atoms with Crippen LogP contribution in [-0.2, 0) is 30.6 Å². The van der Waals surface area contributed by atoms with E-state index in [4.69, 9.17) is 20.9 Å². The highest BCUT2D eigenvalue weighted by molar-refractivity contribution is 5.92. The van der Waals surface area contributed by atoms with E-state index in [9.17, 15) is 9.18 Å². The number of hydrogen-bond donors (Lipinski definition) is 3. The molecule has 5 N–H and O–H groups in total. The summed E-state index contributed by atoms with van der Waals surface area (Å²) in [6.45, 7) is 13.0. The summed E-state index contributed by atoms with van der Waals surface area (Å²) in [5.74, 6) is 0.249. The summed E-state index contributed by atoms with van der Waals surface area (Å²) in [5.41, 5.74) is 16.2.